The third kappa shape index (κ3) is 1.65. The van der Waals surface area contributed by atoms with Crippen molar-refractivity contribution in [2.24, 2.45) is 0 Å². The number of hydrogen-bond acceptors (Lipinski definition) is 5. The normalized spacial score (nSPS) is 11.1. The minimum absolute atomic E-state index is 0.277. The lowest BCUT2D eigenvalue weighted by Crippen LogP contribution is -2.09. The van der Waals surface area contributed by atoms with Crippen LogP contribution in [0.3, 0.4) is 0 Å². The van der Waals surface area contributed by atoms with Gasteiger partial charge in [-0.05, 0) is 12.2 Å². The summed E-state index contributed by atoms with van der Waals surface area (Å²) in [5.74, 6) is 7.19. The highest BCUT2D eigenvalue weighted by molar-refractivity contribution is 7.71. The van der Waals surface area contributed by atoms with Gasteiger partial charge in [-0.2, -0.15) is 5.10 Å². The average molecular weight is 225 g/mol. The van der Waals surface area contributed by atoms with Gasteiger partial charge >= 0.3 is 0 Å². The Kier molecular flexibility index (Phi) is 2.31. The van der Waals surface area contributed by atoms with E-state index in [1.54, 1.807) is 6.07 Å². The molecule has 0 amide bonds. The zero-order valence-electron chi connectivity index (χ0n) is 8.39. The number of nitrogens with two attached hydrogens (primary N) is 1. The van der Waals surface area contributed by atoms with Crippen LogP contribution in [0, 0.1) is 4.77 Å². The fourth-order valence-corrected chi connectivity index (χ4v) is 1.28. The van der Waals surface area contributed by atoms with Crippen LogP contribution in [-0.4, -0.2) is 20.0 Å². The SMILES string of the molecule is CC(C)c1cc(-c2n[nH]c(=S)n2N)no1. The molecule has 2 aromatic rings. The van der Waals surface area contributed by atoms with Crippen molar-refractivity contribution in [3.63, 3.8) is 0 Å². The summed E-state index contributed by atoms with van der Waals surface area (Å²) in [4.78, 5) is 0. The summed E-state index contributed by atoms with van der Waals surface area (Å²) >= 11 is 4.89. The number of aromatic amines is 1. The highest BCUT2D eigenvalue weighted by atomic mass is 32.1. The molecule has 0 bridgehead atoms. The zero-order valence-corrected chi connectivity index (χ0v) is 9.21. The van der Waals surface area contributed by atoms with E-state index in [2.05, 4.69) is 15.4 Å². The van der Waals surface area contributed by atoms with Gasteiger partial charge in [0, 0.05) is 12.0 Å². The van der Waals surface area contributed by atoms with Crippen LogP contribution in [0.25, 0.3) is 11.5 Å². The number of aromatic nitrogens is 4. The van der Waals surface area contributed by atoms with Gasteiger partial charge < -0.3 is 10.4 Å². The molecule has 0 aliphatic rings. The Hall–Kier alpha value is -1.63. The minimum Gasteiger partial charge on any atom is -0.360 e. The molecule has 2 heterocycles. The van der Waals surface area contributed by atoms with Crippen LogP contribution in [0.5, 0.6) is 0 Å². The third-order valence-electron chi connectivity index (χ3n) is 2.03. The van der Waals surface area contributed by atoms with E-state index in [0.29, 0.717) is 16.3 Å². The first-order chi connectivity index (χ1) is 7.09. The Morgan fingerprint density at radius 2 is 2.33 bits per heavy atom. The second kappa shape index (κ2) is 3.50. The molecule has 0 radical (unpaired) electrons. The molecule has 0 aliphatic carbocycles. The van der Waals surface area contributed by atoms with Crippen LogP contribution >= 0.6 is 12.2 Å². The fraction of sp³-hybridized carbons (Fsp3) is 0.375. The molecule has 6 nitrogen and oxygen atoms in total. The van der Waals surface area contributed by atoms with Gasteiger partial charge in [-0.3, -0.25) is 0 Å². The monoisotopic (exact) mass is 225 g/mol. The number of nitrogens with zero attached hydrogens (tertiary/aromatic N) is 3. The number of nitrogen functional groups attached to an aromatic ring is 1. The van der Waals surface area contributed by atoms with E-state index < -0.39 is 0 Å². The Balaban J connectivity index is 2.46. The molecule has 0 unspecified atom stereocenters. The molecule has 0 saturated carbocycles. The lowest BCUT2D eigenvalue weighted by atomic mass is 10.1. The number of H-pyrrole nitrogens is 1. The summed E-state index contributed by atoms with van der Waals surface area (Å²) in [6.45, 7) is 4.04. The second-order valence-electron chi connectivity index (χ2n) is 3.49. The van der Waals surface area contributed by atoms with Crippen molar-refractivity contribution >= 4 is 12.2 Å². The maximum absolute atomic E-state index is 5.66. The maximum Gasteiger partial charge on any atom is 0.214 e. The first-order valence-corrected chi connectivity index (χ1v) is 4.90. The van der Waals surface area contributed by atoms with Gasteiger partial charge in [0.25, 0.3) is 0 Å². The van der Waals surface area contributed by atoms with E-state index in [1.165, 1.54) is 4.68 Å². The lowest BCUT2D eigenvalue weighted by Gasteiger charge is -1.94. The first kappa shape index (κ1) is 9.91. The zero-order chi connectivity index (χ0) is 11.0. The largest absolute Gasteiger partial charge is 0.360 e. The molecule has 2 aromatic heterocycles. The summed E-state index contributed by atoms with van der Waals surface area (Å²) in [5, 5.41) is 10.4. The van der Waals surface area contributed by atoms with Gasteiger partial charge in [-0.1, -0.05) is 19.0 Å². The topological polar surface area (TPSA) is 85.7 Å². The van der Waals surface area contributed by atoms with Crippen LogP contribution < -0.4 is 5.84 Å². The predicted octanol–water partition coefficient (Wildman–Crippen LogP) is 1.43. The predicted molar refractivity (Wildman–Crippen MR) is 57.1 cm³/mol. The quantitative estimate of drug-likeness (QED) is 0.596. The molecule has 7 heteroatoms. The number of rotatable bonds is 2. The van der Waals surface area contributed by atoms with Crippen molar-refractivity contribution < 1.29 is 4.52 Å². The second-order valence-corrected chi connectivity index (χ2v) is 3.88. The minimum atomic E-state index is 0.277. The van der Waals surface area contributed by atoms with Crippen molar-refractivity contribution in [3.05, 3.63) is 16.6 Å². The van der Waals surface area contributed by atoms with Crippen LogP contribution in [-0.2, 0) is 0 Å². The molecule has 0 aromatic carbocycles. The van der Waals surface area contributed by atoms with E-state index in [9.17, 15) is 0 Å². The Morgan fingerprint density at radius 3 is 2.80 bits per heavy atom. The maximum atomic E-state index is 5.66. The van der Waals surface area contributed by atoms with Crippen molar-refractivity contribution in [2.45, 2.75) is 19.8 Å². The molecule has 2 rings (SSSR count). The van der Waals surface area contributed by atoms with E-state index in [1.807, 2.05) is 13.8 Å². The van der Waals surface area contributed by atoms with Gasteiger partial charge in [0.1, 0.15) is 5.76 Å². The highest BCUT2D eigenvalue weighted by Gasteiger charge is 2.13. The summed E-state index contributed by atoms with van der Waals surface area (Å²) in [7, 11) is 0. The van der Waals surface area contributed by atoms with E-state index in [-0.39, 0.29) is 5.92 Å². The Morgan fingerprint density at radius 1 is 1.60 bits per heavy atom. The van der Waals surface area contributed by atoms with E-state index in [0.717, 1.165) is 5.76 Å². The van der Waals surface area contributed by atoms with Gasteiger partial charge in [-0.25, -0.2) is 9.77 Å². The molecule has 0 aliphatic heterocycles. The Labute approximate surface area is 91.0 Å². The molecule has 0 spiro atoms. The summed E-state index contributed by atoms with van der Waals surface area (Å²) in [5.41, 5.74) is 0.577. The molecule has 3 N–H and O–H groups in total. The standard InChI is InChI=1S/C8H11N5OS/c1-4(2)6-3-5(12-14-6)7-10-11-8(15)13(7)9/h3-4H,9H2,1-2H3,(H,11,15). The molecule has 0 saturated heterocycles. The highest BCUT2D eigenvalue weighted by Crippen LogP contribution is 2.20. The first-order valence-electron chi connectivity index (χ1n) is 4.49. The molecule has 15 heavy (non-hydrogen) atoms. The van der Waals surface area contributed by atoms with Gasteiger partial charge in [-0.15, -0.1) is 0 Å². The molecule has 0 atom stereocenters. The van der Waals surface area contributed by atoms with Gasteiger partial charge in [0.2, 0.25) is 10.6 Å². The van der Waals surface area contributed by atoms with Gasteiger partial charge in [0.05, 0.1) is 0 Å². The average Bonchev–Trinajstić information content (AvgIpc) is 2.76. The van der Waals surface area contributed by atoms with Crippen molar-refractivity contribution in [2.75, 3.05) is 5.84 Å². The fourth-order valence-electron chi connectivity index (χ4n) is 1.15. The molecular weight excluding hydrogens is 214 g/mol. The molecule has 0 fully saturated rings. The van der Waals surface area contributed by atoms with Crippen LogP contribution in [0.2, 0.25) is 0 Å². The number of nitrogens with one attached hydrogen (secondary N) is 1. The van der Waals surface area contributed by atoms with Crippen LogP contribution in [0.1, 0.15) is 25.5 Å². The molecular formula is C8H11N5OS. The lowest BCUT2D eigenvalue weighted by molar-refractivity contribution is 0.372. The number of hydrogen-bond donors (Lipinski definition) is 2. The van der Waals surface area contributed by atoms with E-state index in [4.69, 9.17) is 22.6 Å². The van der Waals surface area contributed by atoms with Crippen LogP contribution in [0.4, 0.5) is 0 Å². The summed E-state index contributed by atoms with van der Waals surface area (Å²) in [6, 6.07) is 1.80. The Bertz CT molecular complexity index is 523. The van der Waals surface area contributed by atoms with Gasteiger partial charge in [0.15, 0.2) is 5.69 Å². The van der Waals surface area contributed by atoms with Crippen molar-refractivity contribution in [1.29, 1.82) is 0 Å². The summed E-state index contributed by atoms with van der Waals surface area (Å²) in [6.07, 6.45) is 0. The van der Waals surface area contributed by atoms with Crippen molar-refractivity contribution in [1.82, 2.24) is 20.0 Å². The third-order valence-corrected chi connectivity index (χ3v) is 2.32. The van der Waals surface area contributed by atoms with Crippen LogP contribution in [0.15, 0.2) is 10.6 Å². The summed E-state index contributed by atoms with van der Waals surface area (Å²) < 4.78 is 6.75. The van der Waals surface area contributed by atoms with Crippen molar-refractivity contribution in [3.8, 4) is 11.5 Å². The van der Waals surface area contributed by atoms with E-state index >= 15 is 0 Å². The smallest absolute Gasteiger partial charge is 0.214 e. The molecule has 80 valence electrons.